The van der Waals surface area contributed by atoms with E-state index in [1.165, 1.54) is 25.3 Å². The Morgan fingerprint density at radius 2 is 1.55 bits per heavy atom. The van der Waals surface area contributed by atoms with E-state index in [4.69, 9.17) is 0 Å². The Labute approximate surface area is 234 Å². The van der Waals surface area contributed by atoms with E-state index in [0.29, 0.717) is 30.5 Å². The summed E-state index contributed by atoms with van der Waals surface area (Å²) in [5, 5.41) is 14.8. The summed E-state index contributed by atoms with van der Waals surface area (Å²) in [6.45, 7) is 3.66. The lowest BCUT2D eigenvalue weighted by molar-refractivity contribution is -0.141. The Balaban J connectivity index is 1.58. The first-order valence-corrected chi connectivity index (χ1v) is 13.1. The number of ether oxygens (including phenoxy) is 1. The standard InChI is InChI=1S/C32H34N2O6/c1-3-8-28(31(38)33-27-19-17-25(18-20-27)32(39)40-2)34-30(37)26(21-29(35)36)12-7-9-22-13-15-24(16-14-22)23-10-5-4-6-11-23/h3-6,10-11,13-20,26,28H,1,7-9,12,21H2,2H3,(H,33,38)(H,34,37)(H,35,36). The molecule has 0 aliphatic heterocycles. The molecule has 0 fully saturated rings. The first kappa shape index (κ1) is 29.8. The van der Waals surface area contributed by atoms with Gasteiger partial charge in [-0.1, -0.05) is 60.7 Å². The fourth-order valence-corrected chi connectivity index (χ4v) is 4.31. The number of carboxylic acid groups (broad SMARTS) is 1. The molecule has 8 nitrogen and oxygen atoms in total. The Morgan fingerprint density at radius 3 is 2.15 bits per heavy atom. The number of rotatable bonds is 14. The van der Waals surface area contributed by atoms with Crippen LogP contribution in [0.15, 0.2) is 91.5 Å². The number of carbonyl (C=O) groups is 4. The molecule has 0 radical (unpaired) electrons. The number of carboxylic acids is 1. The van der Waals surface area contributed by atoms with Crippen LogP contribution in [-0.2, 0) is 25.5 Å². The number of anilines is 1. The molecule has 0 aliphatic rings. The third-order valence-corrected chi connectivity index (χ3v) is 6.48. The molecule has 0 spiro atoms. The number of aryl methyl sites for hydroxylation is 1. The summed E-state index contributed by atoms with van der Waals surface area (Å²) in [5.41, 5.74) is 4.10. The Hall–Kier alpha value is -4.72. The lowest BCUT2D eigenvalue weighted by atomic mass is 9.94. The molecular weight excluding hydrogens is 508 g/mol. The van der Waals surface area contributed by atoms with Crippen LogP contribution in [0.1, 0.15) is 41.6 Å². The molecule has 3 aromatic rings. The second kappa shape index (κ2) is 15.0. The van der Waals surface area contributed by atoms with Crippen LogP contribution in [0.3, 0.4) is 0 Å². The summed E-state index contributed by atoms with van der Waals surface area (Å²) in [6, 6.07) is 23.4. The number of hydrogen-bond donors (Lipinski definition) is 3. The van der Waals surface area contributed by atoms with Gasteiger partial charge in [-0.3, -0.25) is 14.4 Å². The third kappa shape index (κ3) is 8.94. The number of carbonyl (C=O) groups excluding carboxylic acids is 3. The maximum atomic E-state index is 13.1. The van der Waals surface area contributed by atoms with Crippen LogP contribution in [0.25, 0.3) is 11.1 Å². The molecule has 0 bridgehead atoms. The second-order valence-electron chi connectivity index (χ2n) is 9.39. The minimum absolute atomic E-state index is 0.158. The van der Waals surface area contributed by atoms with Gasteiger partial charge in [0.15, 0.2) is 0 Å². The Kier molecular flexibility index (Phi) is 11.2. The maximum Gasteiger partial charge on any atom is 0.337 e. The normalized spacial score (nSPS) is 12.0. The van der Waals surface area contributed by atoms with Gasteiger partial charge < -0.3 is 20.5 Å². The number of nitrogens with one attached hydrogen (secondary N) is 2. The van der Waals surface area contributed by atoms with Crippen LogP contribution in [-0.4, -0.2) is 42.0 Å². The van der Waals surface area contributed by atoms with Crippen LogP contribution in [0.5, 0.6) is 0 Å². The lowest BCUT2D eigenvalue weighted by Gasteiger charge is -2.21. The summed E-state index contributed by atoms with van der Waals surface area (Å²) in [4.78, 5) is 49.1. The first-order chi connectivity index (χ1) is 19.3. The molecule has 0 saturated heterocycles. The molecule has 2 atom stereocenters. The molecule has 0 aromatic heterocycles. The summed E-state index contributed by atoms with van der Waals surface area (Å²) < 4.78 is 4.67. The summed E-state index contributed by atoms with van der Waals surface area (Å²) in [5.74, 6) is -3.34. The van der Waals surface area contributed by atoms with E-state index in [1.807, 2.05) is 54.6 Å². The molecule has 0 heterocycles. The Morgan fingerprint density at radius 1 is 0.900 bits per heavy atom. The molecular formula is C32H34N2O6. The van der Waals surface area contributed by atoms with Crippen molar-refractivity contribution in [2.75, 3.05) is 12.4 Å². The van der Waals surface area contributed by atoms with Gasteiger partial charge in [-0.2, -0.15) is 0 Å². The van der Waals surface area contributed by atoms with E-state index >= 15 is 0 Å². The second-order valence-corrected chi connectivity index (χ2v) is 9.39. The van der Waals surface area contributed by atoms with Gasteiger partial charge in [0.25, 0.3) is 0 Å². The number of methoxy groups -OCH3 is 1. The molecule has 3 N–H and O–H groups in total. The highest BCUT2D eigenvalue weighted by molar-refractivity contribution is 5.98. The van der Waals surface area contributed by atoms with Crippen molar-refractivity contribution in [3.05, 3.63) is 103 Å². The van der Waals surface area contributed by atoms with Crippen molar-refractivity contribution >= 4 is 29.4 Å². The minimum Gasteiger partial charge on any atom is -0.481 e. The van der Waals surface area contributed by atoms with Gasteiger partial charge in [0.05, 0.1) is 19.1 Å². The van der Waals surface area contributed by atoms with Gasteiger partial charge in [-0.25, -0.2) is 4.79 Å². The van der Waals surface area contributed by atoms with Crippen molar-refractivity contribution in [3.63, 3.8) is 0 Å². The smallest absolute Gasteiger partial charge is 0.337 e. The quantitative estimate of drug-likeness (QED) is 0.189. The average Bonchev–Trinajstić information content (AvgIpc) is 2.97. The van der Waals surface area contributed by atoms with Gasteiger partial charge in [-0.05, 0) is 66.6 Å². The zero-order chi connectivity index (χ0) is 28.9. The van der Waals surface area contributed by atoms with E-state index in [0.717, 1.165) is 16.7 Å². The minimum atomic E-state index is -1.08. The van der Waals surface area contributed by atoms with Gasteiger partial charge in [0, 0.05) is 11.6 Å². The molecule has 208 valence electrons. The largest absolute Gasteiger partial charge is 0.481 e. The van der Waals surface area contributed by atoms with Crippen LogP contribution in [0, 0.1) is 5.92 Å². The van der Waals surface area contributed by atoms with Gasteiger partial charge in [-0.15, -0.1) is 6.58 Å². The highest BCUT2D eigenvalue weighted by atomic mass is 16.5. The van der Waals surface area contributed by atoms with E-state index in [1.54, 1.807) is 12.1 Å². The number of amides is 2. The highest BCUT2D eigenvalue weighted by Crippen LogP contribution is 2.21. The molecule has 3 rings (SSSR count). The predicted octanol–water partition coefficient (Wildman–Crippen LogP) is 5.25. The molecule has 0 saturated carbocycles. The van der Waals surface area contributed by atoms with Gasteiger partial charge >= 0.3 is 11.9 Å². The predicted molar refractivity (Wildman–Crippen MR) is 154 cm³/mol. The topological polar surface area (TPSA) is 122 Å². The van der Waals surface area contributed by atoms with Crippen molar-refractivity contribution in [1.82, 2.24) is 5.32 Å². The van der Waals surface area contributed by atoms with Crippen LogP contribution < -0.4 is 10.6 Å². The maximum absolute atomic E-state index is 13.1. The van der Waals surface area contributed by atoms with Gasteiger partial charge in [0.2, 0.25) is 11.8 Å². The Bertz CT molecular complexity index is 1300. The summed E-state index contributed by atoms with van der Waals surface area (Å²) in [6.07, 6.45) is 2.99. The third-order valence-electron chi connectivity index (χ3n) is 6.48. The molecule has 2 amide bonds. The van der Waals surface area contributed by atoms with Crippen molar-refractivity contribution < 1.29 is 29.0 Å². The fraction of sp³-hybridized carbons (Fsp3) is 0.250. The van der Waals surface area contributed by atoms with Crippen molar-refractivity contribution in [2.45, 2.75) is 38.1 Å². The number of benzene rings is 3. The zero-order valence-corrected chi connectivity index (χ0v) is 22.5. The monoisotopic (exact) mass is 542 g/mol. The number of aliphatic carboxylic acids is 1. The van der Waals surface area contributed by atoms with E-state index in [2.05, 4.69) is 21.9 Å². The summed E-state index contributed by atoms with van der Waals surface area (Å²) >= 11 is 0. The molecule has 8 heteroatoms. The van der Waals surface area contributed by atoms with Gasteiger partial charge in [0.1, 0.15) is 6.04 Å². The first-order valence-electron chi connectivity index (χ1n) is 13.1. The van der Waals surface area contributed by atoms with Crippen LogP contribution in [0.4, 0.5) is 5.69 Å². The average molecular weight is 543 g/mol. The molecule has 40 heavy (non-hydrogen) atoms. The van der Waals surface area contributed by atoms with E-state index in [9.17, 15) is 24.3 Å². The molecule has 0 aliphatic carbocycles. The van der Waals surface area contributed by atoms with Crippen LogP contribution >= 0.6 is 0 Å². The number of hydrogen-bond acceptors (Lipinski definition) is 5. The SMILES string of the molecule is C=CCC(NC(=O)C(CCCc1ccc(-c2ccccc2)cc1)CC(=O)O)C(=O)Nc1ccc(C(=O)OC)cc1. The van der Waals surface area contributed by atoms with E-state index in [-0.39, 0.29) is 12.8 Å². The highest BCUT2D eigenvalue weighted by Gasteiger charge is 2.26. The fourth-order valence-electron chi connectivity index (χ4n) is 4.31. The van der Waals surface area contributed by atoms with Crippen LogP contribution in [0.2, 0.25) is 0 Å². The molecule has 3 aromatic carbocycles. The number of esters is 1. The summed E-state index contributed by atoms with van der Waals surface area (Å²) in [7, 11) is 1.28. The van der Waals surface area contributed by atoms with E-state index < -0.39 is 35.7 Å². The van der Waals surface area contributed by atoms with Crippen molar-refractivity contribution in [2.24, 2.45) is 5.92 Å². The van der Waals surface area contributed by atoms with Crippen molar-refractivity contribution in [1.29, 1.82) is 0 Å². The molecule has 2 unspecified atom stereocenters. The van der Waals surface area contributed by atoms with Crippen molar-refractivity contribution in [3.8, 4) is 11.1 Å². The lowest BCUT2D eigenvalue weighted by Crippen LogP contribution is -2.46. The zero-order valence-electron chi connectivity index (χ0n) is 22.5.